The molecular weight excluding hydrogens is 348 g/mol. The average Bonchev–Trinajstić information content (AvgIpc) is 3.08. The Morgan fingerprint density at radius 3 is 2.38 bits per heavy atom. The molecule has 0 radical (unpaired) electrons. The van der Waals surface area contributed by atoms with Gasteiger partial charge in [-0.25, -0.2) is 4.98 Å². The Hall–Kier alpha value is -2.82. The van der Waals surface area contributed by atoms with Crippen molar-refractivity contribution < 1.29 is 9.15 Å². The Labute approximate surface area is 156 Å². The van der Waals surface area contributed by atoms with Crippen LogP contribution in [0.15, 0.2) is 71.1 Å². The van der Waals surface area contributed by atoms with E-state index in [2.05, 4.69) is 4.98 Å². The third-order valence-electron chi connectivity index (χ3n) is 4.04. The molecule has 0 aliphatic rings. The molecule has 5 heteroatoms. The van der Waals surface area contributed by atoms with Gasteiger partial charge in [-0.2, -0.15) is 0 Å². The molecule has 4 aromatic rings. The second kappa shape index (κ2) is 7.20. The Morgan fingerprint density at radius 2 is 1.65 bits per heavy atom. The molecule has 0 atom stereocenters. The smallest absolute Gasteiger partial charge is 0.227 e. The molecule has 0 bridgehead atoms. The Morgan fingerprint density at radius 1 is 0.923 bits per heavy atom. The molecule has 0 fully saturated rings. The number of halogens is 1. The lowest BCUT2D eigenvalue weighted by Crippen LogP contribution is -2.02. The molecule has 3 aromatic carbocycles. The maximum atomic E-state index is 5.90. The largest absolute Gasteiger partial charge is 0.457 e. The van der Waals surface area contributed by atoms with Gasteiger partial charge in [-0.05, 0) is 67.1 Å². The number of benzene rings is 3. The van der Waals surface area contributed by atoms with Crippen molar-refractivity contribution in [2.45, 2.75) is 6.42 Å². The van der Waals surface area contributed by atoms with Crippen LogP contribution in [0, 0.1) is 0 Å². The van der Waals surface area contributed by atoms with Crippen LogP contribution in [0.3, 0.4) is 0 Å². The van der Waals surface area contributed by atoms with Crippen molar-refractivity contribution >= 4 is 22.7 Å². The van der Waals surface area contributed by atoms with Crippen LogP contribution >= 0.6 is 11.6 Å². The molecule has 0 unspecified atom stereocenters. The predicted molar refractivity (Wildman–Crippen MR) is 104 cm³/mol. The first-order valence-corrected chi connectivity index (χ1v) is 8.72. The standard InChI is InChI=1S/C21H17ClN2O2/c22-16-5-7-17(8-6-16)25-18-9-10-20-19(13-18)24-21(26-20)15-3-1-14(2-4-15)11-12-23/h1-10,13H,11-12,23H2. The molecule has 1 aromatic heterocycles. The third kappa shape index (κ3) is 3.57. The summed E-state index contributed by atoms with van der Waals surface area (Å²) in [5.41, 5.74) is 9.19. The molecule has 0 saturated carbocycles. The van der Waals surface area contributed by atoms with Crippen molar-refractivity contribution in [3.8, 4) is 23.0 Å². The Balaban J connectivity index is 1.60. The van der Waals surface area contributed by atoms with Crippen LogP contribution < -0.4 is 10.5 Å². The van der Waals surface area contributed by atoms with Crippen LogP contribution in [0.25, 0.3) is 22.6 Å². The zero-order valence-electron chi connectivity index (χ0n) is 14.0. The van der Waals surface area contributed by atoms with E-state index in [1.165, 1.54) is 5.56 Å². The third-order valence-corrected chi connectivity index (χ3v) is 4.29. The van der Waals surface area contributed by atoms with E-state index in [9.17, 15) is 0 Å². The fourth-order valence-corrected chi connectivity index (χ4v) is 2.84. The van der Waals surface area contributed by atoms with Gasteiger partial charge in [0.05, 0.1) is 0 Å². The molecule has 0 aliphatic carbocycles. The summed E-state index contributed by atoms with van der Waals surface area (Å²) in [5.74, 6) is 1.99. The fourth-order valence-electron chi connectivity index (χ4n) is 2.71. The van der Waals surface area contributed by atoms with Crippen LogP contribution in [-0.2, 0) is 6.42 Å². The molecule has 130 valence electrons. The SMILES string of the molecule is NCCc1ccc(-c2nc3cc(Oc4ccc(Cl)cc4)ccc3o2)cc1. The van der Waals surface area contributed by atoms with Gasteiger partial charge in [0.25, 0.3) is 0 Å². The molecule has 0 aliphatic heterocycles. The molecule has 0 spiro atoms. The van der Waals surface area contributed by atoms with Gasteiger partial charge >= 0.3 is 0 Å². The van der Waals surface area contributed by atoms with E-state index in [1.54, 1.807) is 12.1 Å². The van der Waals surface area contributed by atoms with Crippen molar-refractivity contribution in [3.05, 3.63) is 77.3 Å². The zero-order chi connectivity index (χ0) is 17.9. The molecule has 4 rings (SSSR count). The maximum absolute atomic E-state index is 5.90. The van der Waals surface area contributed by atoms with E-state index in [4.69, 9.17) is 26.5 Å². The molecule has 2 N–H and O–H groups in total. The zero-order valence-corrected chi connectivity index (χ0v) is 14.7. The van der Waals surface area contributed by atoms with E-state index in [0.717, 1.165) is 23.1 Å². The van der Waals surface area contributed by atoms with E-state index < -0.39 is 0 Å². The van der Waals surface area contributed by atoms with Crippen LogP contribution in [0.2, 0.25) is 5.02 Å². The van der Waals surface area contributed by atoms with Crippen molar-refractivity contribution in [2.75, 3.05) is 6.54 Å². The van der Waals surface area contributed by atoms with Gasteiger partial charge in [0.1, 0.15) is 17.0 Å². The summed E-state index contributed by atoms with van der Waals surface area (Å²) < 4.78 is 11.7. The summed E-state index contributed by atoms with van der Waals surface area (Å²) in [5, 5.41) is 0.673. The number of nitrogens with two attached hydrogens (primary N) is 1. The normalized spacial score (nSPS) is 11.0. The van der Waals surface area contributed by atoms with E-state index in [0.29, 0.717) is 29.0 Å². The highest BCUT2D eigenvalue weighted by atomic mass is 35.5. The molecule has 26 heavy (non-hydrogen) atoms. The van der Waals surface area contributed by atoms with E-state index in [-0.39, 0.29) is 0 Å². The van der Waals surface area contributed by atoms with Gasteiger partial charge in [-0.1, -0.05) is 23.7 Å². The highest BCUT2D eigenvalue weighted by Crippen LogP contribution is 2.29. The first kappa shape index (κ1) is 16.6. The molecule has 4 nitrogen and oxygen atoms in total. The monoisotopic (exact) mass is 364 g/mol. The summed E-state index contributed by atoms with van der Waals surface area (Å²) in [6.07, 6.45) is 0.860. The van der Waals surface area contributed by atoms with Gasteiger partial charge in [0.2, 0.25) is 5.89 Å². The highest BCUT2D eigenvalue weighted by molar-refractivity contribution is 6.30. The van der Waals surface area contributed by atoms with E-state index >= 15 is 0 Å². The first-order valence-electron chi connectivity index (χ1n) is 8.35. The second-order valence-corrected chi connectivity index (χ2v) is 6.38. The first-order chi connectivity index (χ1) is 12.7. The fraction of sp³-hybridized carbons (Fsp3) is 0.0952. The number of rotatable bonds is 5. The number of fused-ring (bicyclic) bond motifs is 1. The van der Waals surface area contributed by atoms with Gasteiger partial charge in [0, 0.05) is 16.7 Å². The second-order valence-electron chi connectivity index (χ2n) is 5.94. The Bertz CT molecular complexity index is 1020. The molecule has 1 heterocycles. The number of ether oxygens (including phenoxy) is 1. The predicted octanol–water partition coefficient (Wildman–Crippen LogP) is 5.44. The molecular formula is C21H17ClN2O2. The van der Waals surface area contributed by atoms with Crippen LogP contribution in [0.5, 0.6) is 11.5 Å². The van der Waals surface area contributed by atoms with Crippen LogP contribution in [-0.4, -0.2) is 11.5 Å². The number of nitrogens with zero attached hydrogens (tertiary/aromatic N) is 1. The topological polar surface area (TPSA) is 61.3 Å². The minimum absolute atomic E-state index is 0.586. The average molecular weight is 365 g/mol. The molecule has 0 amide bonds. The summed E-state index contributed by atoms with van der Waals surface area (Å²) in [6, 6.07) is 20.9. The van der Waals surface area contributed by atoms with E-state index in [1.807, 2.05) is 54.6 Å². The minimum Gasteiger partial charge on any atom is -0.457 e. The van der Waals surface area contributed by atoms with Gasteiger partial charge in [-0.3, -0.25) is 0 Å². The van der Waals surface area contributed by atoms with Gasteiger partial charge in [-0.15, -0.1) is 0 Å². The summed E-state index contributed by atoms with van der Waals surface area (Å²) in [4.78, 5) is 4.58. The Kier molecular flexibility index (Phi) is 4.61. The molecule has 0 saturated heterocycles. The summed E-state index contributed by atoms with van der Waals surface area (Å²) in [6.45, 7) is 0.638. The number of hydrogen-bond acceptors (Lipinski definition) is 4. The lowest BCUT2D eigenvalue weighted by molar-refractivity contribution is 0.483. The summed E-state index contributed by atoms with van der Waals surface area (Å²) in [7, 11) is 0. The van der Waals surface area contributed by atoms with Crippen LogP contribution in [0.1, 0.15) is 5.56 Å². The van der Waals surface area contributed by atoms with Crippen molar-refractivity contribution in [1.82, 2.24) is 4.98 Å². The maximum Gasteiger partial charge on any atom is 0.227 e. The minimum atomic E-state index is 0.586. The summed E-state index contributed by atoms with van der Waals surface area (Å²) >= 11 is 5.90. The quantitative estimate of drug-likeness (QED) is 0.512. The highest BCUT2D eigenvalue weighted by Gasteiger charge is 2.10. The van der Waals surface area contributed by atoms with Crippen LogP contribution in [0.4, 0.5) is 0 Å². The van der Waals surface area contributed by atoms with Crippen molar-refractivity contribution in [2.24, 2.45) is 5.73 Å². The number of oxazole rings is 1. The van der Waals surface area contributed by atoms with Gasteiger partial charge < -0.3 is 14.9 Å². The van der Waals surface area contributed by atoms with Crippen molar-refractivity contribution in [1.29, 1.82) is 0 Å². The number of hydrogen-bond donors (Lipinski definition) is 1. The van der Waals surface area contributed by atoms with Crippen molar-refractivity contribution in [3.63, 3.8) is 0 Å². The lowest BCUT2D eigenvalue weighted by atomic mass is 10.1. The van der Waals surface area contributed by atoms with Gasteiger partial charge in [0.15, 0.2) is 5.58 Å². The lowest BCUT2D eigenvalue weighted by Gasteiger charge is -2.04. The number of aromatic nitrogens is 1.